The first-order valence-corrected chi connectivity index (χ1v) is 9.68. The second-order valence-electron chi connectivity index (χ2n) is 8.62. The third-order valence-corrected chi connectivity index (χ3v) is 5.86. The van der Waals surface area contributed by atoms with E-state index >= 15 is 0 Å². The van der Waals surface area contributed by atoms with Crippen molar-refractivity contribution < 1.29 is 22.8 Å². The number of carbonyl (C=O) groups excluding carboxylic acids is 2. The molecule has 11 heteroatoms. The van der Waals surface area contributed by atoms with Crippen LogP contribution in [0.3, 0.4) is 0 Å². The van der Waals surface area contributed by atoms with Crippen molar-refractivity contribution in [1.29, 1.82) is 0 Å². The second kappa shape index (κ2) is 6.58. The van der Waals surface area contributed by atoms with E-state index in [1.54, 1.807) is 24.9 Å². The number of nitrogens with one attached hydrogen (secondary N) is 1. The molecule has 1 unspecified atom stereocenters. The van der Waals surface area contributed by atoms with Crippen LogP contribution in [0, 0.1) is 12.8 Å². The van der Waals surface area contributed by atoms with Crippen molar-refractivity contribution in [3.05, 3.63) is 23.5 Å². The van der Waals surface area contributed by atoms with Gasteiger partial charge in [0.1, 0.15) is 17.4 Å². The molecule has 0 spiro atoms. The summed E-state index contributed by atoms with van der Waals surface area (Å²) >= 11 is 0. The van der Waals surface area contributed by atoms with Gasteiger partial charge in [0.05, 0.1) is 18.3 Å². The maximum absolute atomic E-state index is 13.3. The molecule has 3 amide bonds. The number of hydrogen-bond acceptors (Lipinski definition) is 4. The van der Waals surface area contributed by atoms with Gasteiger partial charge < -0.3 is 10.2 Å². The van der Waals surface area contributed by atoms with Crippen LogP contribution < -0.4 is 10.2 Å². The highest BCUT2D eigenvalue weighted by molar-refractivity contribution is 6.00. The van der Waals surface area contributed by atoms with Crippen molar-refractivity contribution in [1.82, 2.24) is 24.8 Å². The van der Waals surface area contributed by atoms with Gasteiger partial charge in [0.2, 0.25) is 0 Å². The molecule has 1 N–H and O–H groups in total. The summed E-state index contributed by atoms with van der Waals surface area (Å²) in [5, 5.41) is 6.20. The zero-order chi connectivity index (χ0) is 22.0. The van der Waals surface area contributed by atoms with Crippen LogP contribution in [-0.2, 0) is 0 Å². The van der Waals surface area contributed by atoms with Gasteiger partial charge in [-0.2, -0.15) is 18.3 Å². The minimum absolute atomic E-state index is 0.0610. The summed E-state index contributed by atoms with van der Waals surface area (Å²) in [7, 11) is 1.70. The van der Waals surface area contributed by atoms with Crippen LogP contribution in [0.5, 0.6) is 0 Å². The highest BCUT2D eigenvalue weighted by Gasteiger charge is 2.50. The zero-order valence-corrected chi connectivity index (χ0v) is 17.1. The molecule has 2 aromatic rings. The Morgan fingerprint density at radius 2 is 2.00 bits per heavy atom. The number of carbonyl (C=O) groups is 2. The number of alkyl halides is 3. The van der Waals surface area contributed by atoms with Crippen LogP contribution in [0.25, 0.3) is 5.65 Å². The van der Waals surface area contributed by atoms with Gasteiger partial charge in [-0.3, -0.25) is 9.69 Å². The molecular formula is C19H23F3N6O2. The number of anilines is 1. The van der Waals surface area contributed by atoms with Crippen molar-refractivity contribution >= 4 is 23.4 Å². The molecule has 1 aliphatic carbocycles. The average Bonchev–Trinajstić information content (AvgIpc) is 3.35. The summed E-state index contributed by atoms with van der Waals surface area (Å²) < 4.78 is 41.3. The predicted octanol–water partition coefficient (Wildman–Crippen LogP) is 2.76. The Morgan fingerprint density at radius 3 is 2.53 bits per heavy atom. The van der Waals surface area contributed by atoms with Gasteiger partial charge in [-0.05, 0) is 39.5 Å². The Hall–Kier alpha value is -2.85. The Morgan fingerprint density at radius 1 is 1.33 bits per heavy atom. The first-order chi connectivity index (χ1) is 13.9. The van der Waals surface area contributed by atoms with Crippen LogP contribution in [0.2, 0.25) is 0 Å². The van der Waals surface area contributed by atoms with E-state index in [1.807, 2.05) is 13.8 Å². The van der Waals surface area contributed by atoms with Crippen molar-refractivity contribution in [3.8, 4) is 0 Å². The number of aromatic nitrogens is 3. The van der Waals surface area contributed by atoms with E-state index in [4.69, 9.17) is 0 Å². The van der Waals surface area contributed by atoms with Gasteiger partial charge in [-0.1, -0.05) is 0 Å². The number of nitrogens with zero attached hydrogens (tertiary/aromatic N) is 5. The number of rotatable bonds is 4. The Balaban J connectivity index is 1.69. The monoisotopic (exact) mass is 424 g/mol. The number of fused-ring (bicyclic) bond motifs is 1. The van der Waals surface area contributed by atoms with Gasteiger partial charge >= 0.3 is 12.2 Å². The number of likely N-dealkylation sites (N-methyl/N-ethyl adjacent to an activating group) is 1. The fraction of sp³-hybridized carbons (Fsp3) is 0.579. The molecule has 4 rings (SSSR count). The molecular weight excluding hydrogens is 401 g/mol. The molecule has 8 nitrogen and oxygen atoms in total. The summed E-state index contributed by atoms with van der Waals surface area (Å²) in [6.07, 6.45) is -2.45. The average molecular weight is 424 g/mol. The third kappa shape index (κ3) is 3.35. The lowest BCUT2D eigenvalue weighted by molar-refractivity contribution is -0.158. The molecule has 0 radical (unpaired) electrons. The second-order valence-corrected chi connectivity index (χ2v) is 8.62. The zero-order valence-electron chi connectivity index (χ0n) is 17.1. The molecule has 0 aromatic carbocycles. The lowest BCUT2D eigenvalue weighted by Crippen LogP contribution is -2.46. The Labute approximate surface area is 171 Å². The fourth-order valence-corrected chi connectivity index (χ4v) is 3.69. The minimum Gasteiger partial charge on any atom is -0.340 e. The topological polar surface area (TPSA) is 82.8 Å². The van der Waals surface area contributed by atoms with Crippen molar-refractivity contribution in [3.63, 3.8) is 0 Å². The van der Waals surface area contributed by atoms with E-state index in [2.05, 4.69) is 15.4 Å². The fourth-order valence-electron chi connectivity index (χ4n) is 3.69. The number of halogens is 3. The minimum atomic E-state index is -4.52. The van der Waals surface area contributed by atoms with Crippen LogP contribution in [-0.4, -0.2) is 62.8 Å². The number of hydrogen-bond donors (Lipinski definition) is 1. The van der Waals surface area contributed by atoms with E-state index in [9.17, 15) is 22.8 Å². The smallest absolute Gasteiger partial charge is 0.340 e. The van der Waals surface area contributed by atoms with Crippen LogP contribution in [0.15, 0.2) is 12.3 Å². The Kier molecular flexibility index (Phi) is 4.48. The summed E-state index contributed by atoms with van der Waals surface area (Å²) in [5.74, 6) is -1.15. The first-order valence-electron chi connectivity index (χ1n) is 9.68. The lowest BCUT2D eigenvalue weighted by Gasteiger charge is -2.24. The van der Waals surface area contributed by atoms with Crippen molar-refractivity contribution in [2.24, 2.45) is 5.92 Å². The van der Waals surface area contributed by atoms with Gasteiger partial charge in [0, 0.05) is 18.8 Å². The molecule has 30 heavy (non-hydrogen) atoms. The predicted molar refractivity (Wildman–Crippen MR) is 102 cm³/mol. The molecule has 1 saturated carbocycles. The van der Waals surface area contributed by atoms with Gasteiger partial charge in [0.25, 0.3) is 5.91 Å². The molecule has 0 bridgehead atoms. The van der Waals surface area contributed by atoms with Crippen molar-refractivity contribution in [2.75, 3.05) is 18.5 Å². The molecule has 2 fully saturated rings. The largest absolute Gasteiger partial charge is 0.408 e. The molecule has 162 valence electrons. The SMILES string of the molecule is Cc1cc(N2CC(C)(C)N(C)C2=O)nc2c(C(=O)NC(C3CC3)C(F)(F)F)cnn12. The third-order valence-electron chi connectivity index (χ3n) is 5.86. The van der Waals surface area contributed by atoms with Crippen LogP contribution >= 0.6 is 0 Å². The molecule has 1 atom stereocenters. The highest BCUT2D eigenvalue weighted by Crippen LogP contribution is 2.40. The quantitative estimate of drug-likeness (QED) is 0.818. The normalized spacial score (nSPS) is 20.2. The first kappa shape index (κ1) is 20.4. The van der Waals surface area contributed by atoms with Gasteiger partial charge in [-0.15, -0.1) is 0 Å². The number of amides is 3. The molecule has 2 aromatic heterocycles. The summed E-state index contributed by atoms with van der Waals surface area (Å²) in [6.45, 7) is 5.95. The summed E-state index contributed by atoms with van der Waals surface area (Å²) in [4.78, 5) is 32.8. The van der Waals surface area contributed by atoms with Crippen molar-refractivity contribution in [2.45, 2.75) is 51.4 Å². The van der Waals surface area contributed by atoms with E-state index in [1.165, 1.54) is 15.6 Å². The molecule has 1 aliphatic heterocycles. The highest BCUT2D eigenvalue weighted by atomic mass is 19.4. The van der Waals surface area contributed by atoms with Crippen LogP contribution in [0.4, 0.5) is 23.8 Å². The standard InChI is InChI=1S/C19H23F3N6O2/c1-10-7-13(27-9-18(2,3)26(4)17(27)30)24-15-12(8-23-28(10)15)16(29)25-14(11-5-6-11)19(20,21)22/h7-8,11,14H,5-6,9H2,1-4H3,(H,25,29). The van der Waals surface area contributed by atoms with Gasteiger partial charge in [0.15, 0.2) is 5.65 Å². The number of aryl methyl sites for hydroxylation is 1. The van der Waals surface area contributed by atoms with E-state index < -0.39 is 29.6 Å². The molecule has 3 heterocycles. The van der Waals surface area contributed by atoms with E-state index in [-0.39, 0.29) is 17.2 Å². The Bertz CT molecular complexity index is 1030. The maximum atomic E-state index is 13.3. The van der Waals surface area contributed by atoms with Gasteiger partial charge in [-0.25, -0.2) is 14.3 Å². The summed E-state index contributed by atoms with van der Waals surface area (Å²) in [6, 6.07) is -0.469. The molecule has 2 aliphatic rings. The van der Waals surface area contributed by atoms with E-state index in [0.717, 1.165) is 0 Å². The number of urea groups is 1. The lowest BCUT2D eigenvalue weighted by atomic mass is 10.1. The summed E-state index contributed by atoms with van der Waals surface area (Å²) in [5.41, 5.74) is 0.237. The van der Waals surface area contributed by atoms with Crippen LogP contribution in [0.1, 0.15) is 42.7 Å². The van der Waals surface area contributed by atoms with E-state index in [0.29, 0.717) is 30.9 Å². The maximum Gasteiger partial charge on any atom is 0.408 e. The molecule has 1 saturated heterocycles.